The van der Waals surface area contributed by atoms with Gasteiger partial charge in [0.2, 0.25) is 11.8 Å². The maximum atomic E-state index is 12.7. The molecule has 6 nitrogen and oxygen atoms in total. The summed E-state index contributed by atoms with van der Waals surface area (Å²) >= 11 is 0. The minimum Gasteiger partial charge on any atom is -0.353 e. The summed E-state index contributed by atoms with van der Waals surface area (Å²) in [6.07, 6.45) is 6.83. The fourth-order valence-electron chi connectivity index (χ4n) is 3.86. The molecule has 1 aromatic rings. The first-order valence-electron chi connectivity index (χ1n) is 9.12. The molecule has 3 heterocycles. The minimum atomic E-state index is -0.107. The average Bonchev–Trinajstić information content (AvgIpc) is 3.16. The van der Waals surface area contributed by atoms with E-state index in [0.717, 1.165) is 52.1 Å². The lowest BCUT2D eigenvalue weighted by Gasteiger charge is -2.36. The lowest BCUT2D eigenvalue weighted by atomic mass is 10.1. The molecule has 0 N–H and O–H groups in total. The zero-order chi connectivity index (χ0) is 16.5. The van der Waals surface area contributed by atoms with Crippen molar-refractivity contribution in [2.45, 2.75) is 31.8 Å². The van der Waals surface area contributed by atoms with Crippen LogP contribution >= 0.6 is 0 Å². The molecule has 1 saturated carbocycles. The highest BCUT2D eigenvalue weighted by Gasteiger charge is 2.43. The second kappa shape index (κ2) is 6.59. The third-order valence-electron chi connectivity index (χ3n) is 5.52. The van der Waals surface area contributed by atoms with E-state index in [1.165, 1.54) is 0 Å². The highest BCUT2D eigenvalue weighted by molar-refractivity contribution is 5.89. The van der Waals surface area contributed by atoms with Gasteiger partial charge >= 0.3 is 0 Å². The van der Waals surface area contributed by atoms with E-state index in [4.69, 9.17) is 0 Å². The lowest BCUT2D eigenvalue weighted by Crippen LogP contribution is -2.51. The monoisotopic (exact) mass is 330 g/mol. The van der Waals surface area contributed by atoms with E-state index >= 15 is 0 Å². The molecule has 1 atom stereocenters. The highest BCUT2D eigenvalue weighted by Crippen LogP contribution is 2.33. The maximum Gasteiger partial charge on any atom is 0.228 e. The molecule has 0 bridgehead atoms. The predicted molar refractivity (Wildman–Crippen MR) is 90.3 cm³/mol. The topological polar surface area (TPSA) is 48.8 Å². The van der Waals surface area contributed by atoms with E-state index in [0.29, 0.717) is 19.0 Å². The second-order valence-electron chi connectivity index (χ2n) is 7.27. The molecule has 130 valence electrons. The largest absolute Gasteiger partial charge is 0.353 e. The molecule has 3 aliphatic rings. The zero-order valence-corrected chi connectivity index (χ0v) is 14.1. The van der Waals surface area contributed by atoms with Gasteiger partial charge < -0.3 is 14.4 Å². The van der Waals surface area contributed by atoms with Crippen molar-refractivity contribution in [3.63, 3.8) is 0 Å². The van der Waals surface area contributed by atoms with Crippen molar-refractivity contribution in [3.05, 3.63) is 24.5 Å². The van der Waals surface area contributed by atoms with Crippen LogP contribution in [0.2, 0.25) is 0 Å². The van der Waals surface area contributed by atoms with Gasteiger partial charge in [0, 0.05) is 70.7 Å². The molecule has 2 amide bonds. The number of carbonyl (C=O) groups is 2. The Morgan fingerprint density at radius 3 is 2.42 bits per heavy atom. The summed E-state index contributed by atoms with van der Waals surface area (Å²) in [6, 6.07) is 4.52. The first-order valence-corrected chi connectivity index (χ1v) is 9.12. The van der Waals surface area contributed by atoms with Crippen LogP contribution in [0.1, 0.15) is 19.3 Å². The standard InChI is InChI=1S/C18H26N4O2/c23-17-13-15(14-22(17)16-3-4-16)18(24)21-11-9-20(10-12-21)8-7-19-5-1-2-6-19/h1-2,5-6,15-16H,3-4,7-14H2/t15-/m1/s1. The Morgan fingerprint density at radius 2 is 1.75 bits per heavy atom. The van der Waals surface area contributed by atoms with Crippen LogP contribution in [0.4, 0.5) is 0 Å². The number of amides is 2. The number of hydrogen-bond acceptors (Lipinski definition) is 3. The highest BCUT2D eigenvalue weighted by atomic mass is 16.2. The van der Waals surface area contributed by atoms with Gasteiger partial charge in [-0.25, -0.2) is 0 Å². The molecule has 2 saturated heterocycles. The Bertz CT molecular complexity index is 588. The van der Waals surface area contributed by atoms with Crippen molar-refractivity contribution in [1.29, 1.82) is 0 Å². The Labute approximate surface area is 143 Å². The van der Waals surface area contributed by atoms with Crippen molar-refractivity contribution in [2.24, 2.45) is 5.92 Å². The number of piperazine rings is 1. The van der Waals surface area contributed by atoms with Crippen LogP contribution in [0.3, 0.4) is 0 Å². The number of nitrogens with zero attached hydrogens (tertiary/aromatic N) is 4. The van der Waals surface area contributed by atoms with Crippen LogP contribution in [0.25, 0.3) is 0 Å². The first-order chi connectivity index (χ1) is 11.7. The van der Waals surface area contributed by atoms with Gasteiger partial charge in [0.05, 0.1) is 5.92 Å². The van der Waals surface area contributed by atoms with Crippen molar-refractivity contribution < 1.29 is 9.59 Å². The normalized spacial score (nSPS) is 25.5. The van der Waals surface area contributed by atoms with Crippen molar-refractivity contribution >= 4 is 11.8 Å². The molecule has 0 aromatic carbocycles. The SMILES string of the molecule is O=C([C@@H]1CC(=O)N(C2CC2)C1)N1CCN(CCn2cccc2)CC1. The summed E-state index contributed by atoms with van der Waals surface area (Å²) < 4.78 is 2.19. The summed E-state index contributed by atoms with van der Waals surface area (Å²) in [5.74, 6) is 0.266. The van der Waals surface area contributed by atoms with Crippen molar-refractivity contribution in [1.82, 2.24) is 19.3 Å². The molecule has 0 spiro atoms. The van der Waals surface area contributed by atoms with E-state index in [-0.39, 0.29) is 17.7 Å². The van der Waals surface area contributed by atoms with Gasteiger partial charge in [-0.1, -0.05) is 0 Å². The summed E-state index contributed by atoms with van der Waals surface area (Å²) in [7, 11) is 0. The summed E-state index contributed by atoms with van der Waals surface area (Å²) in [5.41, 5.74) is 0. The van der Waals surface area contributed by atoms with Gasteiger partial charge in [0.1, 0.15) is 0 Å². The van der Waals surface area contributed by atoms with Gasteiger partial charge in [-0.15, -0.1) is 0 Å². The lowest BCUT2D eigenvalue weighted by molar-refractivity contribution is -0.137. The first kappa shape index (κ1) is 15.7. The van der Waals surface area contributed by atoms with E-state index in [9.17, 15) is 9.59 Å². The number of hydrogen-bond donors (Lipinski definition) is 0. The molecule has 0 unspecified atom stereocenters. The van der Waals surface area contributed by atoms with Crippen LogP contribution in [-0.4, -0.2) is 76.4 Å². The van der Waals surface area contributed by atoms with Gasteiger partial charge in [0.15, 0.2) is 0 Å². The molecular formula is C18H26N4O2. The molecule has 6 heteroatoms. The fraction of sp³-hybridized carbons (Fsp3) is 0.667. The Morgan fingerprint density at radius 1 is 1.04 bits per heavy atom. The third kappa shape index (κ3) is 3.34. The predicted octanol–water partition coefficient (Wildman–Crippen LogP) is 0.643. The zero-order valence-electron chi connectivity index (χ0n) is 14.1. The van der Waals surface area contributed by atoms with E-state index in [2.05, 4.69) is 21.9 Å². The summed E-state index contributed by atoms with van der Waals surface area (Å²) in [4.78, 5) is 31.1. The van der Waals surface area contributed by atoms with Crippen LogP contribution < -0.4 is 0 Å². The number of aromatic nitrogens is 1. The molecule has 2 aliphatic heterocycles. The van der Waals surface area contributed by atoms with Crippen LogP contribution in [0, 0.1) is 5.92 Å². The van der Waals surface area contributed by atoms with Gasteiger partial charge in [-0.05, 0) is 25.0 Å². The Kier molecular flexibility index (Phi) is 4.31. The Hall–Kier alpha value is -1.82. The molecule has 3 fully saturated rings. The molecule has 4 rings (SSSR count). The average molecular weight is 330 g/mol. The van der Waals surface area contributed by atoms with Gasteiger partial charge in [0.25, 0.3) is 0 Å². The quantitative estimate of drug-likeness (QED) is 0.796. The molecular weight excluding hydrogens is 304 g/mol. The van der Waals surface area contributed by atoms with Crippen LogP contribution in [0.5, 0.6) is 0 Å². The summed E-state index contributed by atoms with van der Waals surface area (Å²) in [6.45, 7) is 6.11. The molecule has 0 radical (unpaired) electrons. The second-order valence-corrected chi connectivity index (χ2v) is 7.27. The molecule has 24 heavy (non-hydrogen) atoms. The maximum absolute atomic E-state index is 12.7. The smallest absolute Gasteiger partial charge is 0.228 e. The number of rotatable bonds is 5. The Balaban J connectivity index is 1.23. The van der Waals surface area contributed by atoms with Crippen LogP contribution in [0.15, 0.2) is 24.5 Å². The third-order valence-corrected chi connectivity index (χ3v) is 5.52. The molecule has 1 aromatic heterocycles. The van der Waals surface area contributed by atoms with Gasteiger partial charge in [-0.3, -0.25) is 14.5 Å². The van der Waals surface area contributed by atoms with Gasteiger partial charge in [-0.2, -0.15) is 0 Å². The van der Waals surface area contributed by atoms with E-state index in [1.807, 2.05) is 21.9 Å². The van der Waals surface area contributed by atoms with Crippen molar-refractivity contribution in [2.75, 3.05) is 39.3 Å². The number of carbonyl (C=O) groups excluding carboxylic acids is 2. The van der Waals surface area contributed by atoms with Crippen LogP contribution in [-0.2, 0) is 16.1 Å². The summed E-state index contributed by atoms with van der Waals surface area (Å²) in [5, 5.41) is 0. The van der Waals surface area contributed by atoms with E-state index < -0.39 is 0 Å². The van der Waals surface area contributed by atoms with Crippen molar-refractivity contribution in [3.8, 4) is 0 Å². The van der Waals surface area contributed by atoms with E-state index in [1.54, 1.807) is 0 Å². The minimum absolute atomic E-state index is 0.107. The molecule has 1 aliphatic carbocycles. The fourth-order valence-corrected chi connectivity index (χ4v) is 3.86. The number of likely N-dealkylation sites (tertiary alicyclic amines) is 1.